The van der Waals surface area contributed by atoms with Gasteiger partial charge in [0.1, 0.15) is 0 Å². The van der Waals surface area contributed by atoms with Crippen molar-refractivity contribution >= 4 is 26.7 Å². The molecule has 2 aromatic rings. The highest BCUT2D eigenvalue weighted by molar-refractivity contribution is 7.22. The molecular weight excluding hydrogens is 240 g/mol. The molecule has 0 aliphatic carbocycles. The monoisotopic (exact) mass is 262 g/mol. The Morgan fingerprint density at radius 1 is 1.17 bits per heavy atom. The van der Waals surface area contributed by atoms with E-state index >= 15 is 0 Å². The highest BCUT2D eigenvalue weighted by Crippen LogP contribution is 2.31. The first kappa shape index (κ1) is 13.3. The molecule has 1 heterocycles. The lowest BCUT2D eigenvalue weighted by molar-refractivity contribution is 0.420. The van der Waals surface area contributed by atoms with E-state index in [9.17, 15) is 0 Å². The first-order chi connectivity index (χ1) is 8.62. The first-order valence-corrected chi connectivity index (χ1v) is 7.59. The van der Waals surface area contributed by atoms with E-state index in [0.29, 0.717) is 0 Å². The van der Waals surface area contributed by atoms with Crippen LogP contribution in [0, 0.1) is 6.92 Å². The number of aromatic nitrogens is 1. The SMILES string of the molecule is CCC(CC)(CC)Nc1nc2ccc(C)cc2s1. The van der Waals surface area contributed by atoms with Gasteiger partial charge in [0, 0.05) is 5.54 Å². The standard InChI is InChI=1S/C15H22N2S/c1-5-15(6-2,7-3)17-14-16-12-9-8-11(4)10-13(12)18-14/h8-10H,5-7H2,1-4H3,(H,16,17). The van der Waals surface area contributed by atoms with Gasteiger partial charge in [-0.3, -0.25) is 0 Å². The predicted molar refractivity (Wildman–Crippen MR) is 81.6 cm³/mol. The Balaban J connectivity index is 2.31. The van der Waals surface area contributed by atoms with Crippen molar-refractivity contribution in [3.05, 3.63) is 23.8 Å². The Bertz CT molecular complexity index is 518. The van der Waals surface area contributed by atoms with E-state index in [4.69, 9.17) is 0 Å². The number of aryl methyl sites for hydroxylation is 1. The summed E-state index contributed by atoms with van der Waals surface area (Å²) in [6.45, 7) is 8.87. The Kier molecular flexibility index (Phi) is 3.91. The summed E-state index contributed by atoms with van der Waals surface area (Å²) in [4.78, 5) is 4.69. The zero-order chi connectivity index (χ0) is 13.2. The number of thiazole rings is 1. The fourth-order valence-corrected chi connectivity index (χ4v) is 3.41. The number of hydrogen-bond donors (Lipinski definition) is 1. The maximum Gasteiger partial charge on any atom is 0.184 e. The summed E-state index contributed by atoms with van der Waals surface area (Å²) in [7, 11) is 0. The number of nitrogens with zero attached hydrogens (tertiary/aromatic N) is 1. The molecule has 0 aliphatic rings. The van der Waals surface area contributed by atoms with Crippen LogP contribution in [0.4, 0.5) is 5.13 Å². The summed E-state index contributed by atoms with van der Waals surface area (Å²) < 4.78 is 1.27. The van der Waals surface area contributed by atoms with E-state index in [2.05, 4.69) is 56.2 Å². The molecule has 0 bridgehead atoms. The van der Waals surface area contributed by atoms with Gasteiger partial charge in [-0.2, -0.15) is 0 Å². The molecule has 2 rings (SSSR count). The largest absolute Gasteiger partial charge is 0.356 e. The zero-order valence-corrected chi connectivity index (χ0v) is 12.5. The molecule has 0 saturated heterocycles. The van der Waals surface area contributed by atoms with Crippen molar-refractivity contribution in [2.24, 2.45) is 0 Å². The van der Waals surface area contributed by atoms with Crippen LogP contribution < -0.4 is 5.32 Å². The lowest BCUT2D eigenvalue weighted by Gasteiger charge is -2.31. The van der Waals surface area contributed by atoms with Gasteiger partial charge in [0.15, 0.2) is 5.13 Å². The Labute approximate surface area is 113 Å². The fraction of sp³-hybridized carbons (Fsp3) is 0.533. The lowest BCUT2D eigenvalue weighted by Crippen LogP contribution is -2.35. The summed E-state index contributed by atoms with van der Waals surface area (Å²) in [5, 5.41) is 4.71. The minimum absolute atomic E-state index is 0.197. The van der Waals surface area contributed by atoms with Gasteiger partial charge in [0.05, 0.1) is 10.2 Å². The smallest absolute Gasteiger partial charge is 0.184 e. The molecule has 0 radical (unpaired) electrons. The van der Waals surface area contributed by atoms with Crippen LogP contribution in [0.1, 0.15) is 45.6 Å². The molecular formula is C15H22N2S. The summed E-state index contributed by atoms with van der Waals surface area (Å²) in [6, 6.07) is 6.44. The van der Waals surface area contributed by atoms with E-state index in [0.717, 1.165) is 29.9 Å². The van der Waals surface area contributed by atoms with Crippen LogP contribution in [0.2, 0.25) is 0 Å². The molecule has 0 unspecified atom stereocenters. The van der Waals surface area contributed by atoms with Crippen molar-refractivity contribution < 1.29 is 0 Å². The third-order valence-electron chi connectivity index (χ3n) is 3.95. The maximum atomic E-state index is 4.69. The number of hydrogen-bond acceptors (Lipinski definition) is 3. The van der Waals surface area contributed by atoms with Gasteiger partial charge in [-0.1, -0.05) is 38.2 Å². The van der Waals surface area contributed by atoms with Gasteiger partial charge in [0.2, 0.25) is 0 Å². The zero-order valence-electron chi connectivity index (χ0n) is 11.7. The van der Waals surface area contributed by atoms with Crippen LogP contribution in [-0.2, 0) is 0 Å². The van der Waals surface area contributed by atoms with Crippen molar-refractivity contribution in [2.45, 2.75) is 52.5 Å². The summed E-state index contributed by atoms with van der Waals surface area (Å²) in [6.07, 6.45) is 3.40. The van der Waals surface area contributed by atoms with Gasteiger partial charge in [-0.15, -0.1) is 0 Å². The van der Waals surface area contributed by atoms with Gasteiger partial charge >= 0.3 is 0 Å². The normalized spacial score (nSPS) is 12.0. The molecule has 0 amide bonds. The quantitative estimate of drug-likeness (QED) is 0.821. The van der Waals surface area contributed by atoms with Crippen molar-refractivity contribution in [2.75, 3.05) is 5.32 Å². The van der Waals surface area contributed by atoms with Gasteiger partial charge in [-0.25, -0.2) is 4.98 Å². The molecule has 0 saturated carbocycles. The average molecular weight is 262 g/mol. The molecule has 98 valence electrons. The van der Waals surface area contributed by atoms with Crippen LogP contribution >= 0.6 is 11.3 Å². The summed E-state index contributed by atoms with van der Waals surface area (Å²) in [5.41, 5.74) is 2.60. The van der Waals surface area contributed by atoms with Gasteiger partial charge < -0.3 is 5.32 Å². The van der Waals surface area contributed by atoms with Crippen LogP contribution in [0.5, 0.6) is 0 Å². The number of nitrogens with one attached hydrogen (secondary N) is 1. The fourth-order valence-electron chi connectivity index (χ4n) is 2.33. The molecule has 1 aromatic heterocycles. The Morgan fingerprint density at radius 2 is 1.83 bits per heavy atom. The van der Waals surface area contributed by atoms with Gasteiger partial charge in [0.25, 0.3) is 0 Å². The van der Waals surface area contributed by atoms with Crippen molar-refractivity contribution in [3.8, 4) is 0 Å². The van der Waals surface area contributed by atoms with E-state index in [-0.39, 0.29) is 5.54 Å². The highest BCUT2D eigenvalue weighted by Gasteiger charge is 2.24. The third kappa shape index (κ3) is 2.51. The molecule has 1 N–H and O–H groups in total. The van der Waals surface area contributed by atoms with Crippen LogP contribution in [0.3, 0.4) is 0 Å². The van der Waals surface area contributed by atoms with E-state index < -0.39 is 0 Å². The molecule has 0 atom stereocenters. The second kappa shape index (κ2) is 5.27. The van der Waals surface area contributed by atoms with E-state index in [1.807, 2.05) is 0 Å². The highest BCUT2D eigenvalue weighted by atomic mass is 32.1. The van der Waals surface area contributed by atoms with E-state index in [1.165, 1.54) is 10.3 Å². The van der Waals surface area contributed by atoms with Crippen molar-refractivity contribution in [1.82, 2.24) is 4.98 Å². The lowest BCUT2D eigenvalue weighted by atomic mass is 9.90. The van der Waals surface area contributed by atoms with Crippen molar-refractivity contribution in [3.63, 3.8) is 0 Å². The Morgan fingerprint density at radius 3 is 2.44 bits per heavy atom. The number of anilines is 1. The molecule has 18 heavy (non-hydrogen) atoms. The average Bonchev–Trinajstić information content (AvgIpc) is 2.77. The van der Waals surface area contributed by atoms with Crippen molar-refractivity contribution in [1.29, 1.82) is 0 Å². The molecule has 3 heteroatoms. The minimum atomic E-state index is 0.197. The predicted octanol–water partition coefficient (Wildman–Crippen LogP) is 4.99. The van der Waals surface area contributed by atoms with Crippen LogP contribution in [0.15, 0.2) is 18.2 Å². The summed E-state index contributed by atoms with van der Waals surface area (Å²) >= 11 is 1.76. The molecule has 0 aliphatic heterocycles. The maximum absolute atomic E-state index is 4.69. The molecule has 0 fully saturated rings. The van der Waals surface area contributed by atoms with Gasteiger partial charge in [-0.05, 0) is 43.9 Å². The summed E-state index contributed by atoms with van der Waals surface area (Å²) in [5.74, 6) is 0. The number of benzene rings is 1. The Hall–Kier alpha value is -1.09. The third-order valence-corrected chi connectivity index (χ3v) is 4.88. The number of rotatable bonds is 5. The van der Waals surface area contributed by atoms with Crippen LogP contribution in [-0.4, -0.2) is 10.5 Å². The molecule has 2 nitrogen and oxygen atoms in total. The first-order valence-electron chi connectivity index (χ1n) is 6.78. The second-order valence-electron chi connectivity index (χ2n) is 4.96. The molecule has 0 spiro atoms. The van der Waals surface area contributed by atoms with Crippen LogP contribution in [0.25, 0.3) is 10.2 Å². The topological polar surface area (TPSA) is 24.9 Å². The van der Waals surface area contributed by atoms with E-state index in [1.54, 1.807) is 11.3 Å². The second-order valence-corrected chi connectivity index (χ2v) is 5.99. The number of fused-ring (bicyclic) bond motifs is 1. The molecule has 1 aromatic carbocycles. The minimum Gasteiger partial charge on any atom is -0.356 e.